The first-order valence-electron chi connectivity index (χ1n) is 8.43. The molecule has 4 rings (SSSR count). The normalized spacial score (nSPS) is 12.1. The Kier molecular flexibility index (Phi) is 4.17. The van der Waals surface area contributed by atoms with Gasteiger partial charge in [0, 0.05) is 25.6 Å². The number of hydrogen-bond donors (Lipinski definition) is 1. The molecule has 0 aliphatic heterocycles. The van der Waals surface area contributed by atoms with Crippen LogP contribution in [0, 0.1) is 0 Å². The highest BCUT2D eigenvalue weighted by molar-refractivity contribution is 5.75. The second-order valence-corrected chi connectivity index (χ2v) is 5.93. The van der Waals surface area contributed by atoms with Gasteiger partial charge >= 0.3 is 6.18 Å². The first-order chi connectivity index (χ1) is 13.0. The van der Waals surface area contributed by atoms with E-state index in [0.717, 1.165) is 29.5 Å². The van der Waals surface area contributed by atoms with Gasteiger partial charge in [-0.1, -0.05) is 12.1 Å². The lowest BCUT2D eigenvalue weighted by molar-refractivity contribution is -0.141. The Labute approximate surface area is 151 Å². The molecule has 0 unspecified atom stereocenters. The van der Waals surface area contributed by atoms with Crippen molar-refractivity contribution < 1.29 is 13.2 Å². The molecule has 3 heterocycles. The first kappa shape index (κ1) is 17.3. The summed E-state index contributed by atoms with van der Waals surface area (Å²) in [6, 6.07) is 8.75. The minimum atomic E-state index is -4.56. The van der Waals surface area contributed by atoms with Gasteiger partial charge in [0.2, 0.25) is 0 Å². The van der Waals surface area contributed by atoms with Crippen LogP contribution in [0.5, 0.6) is 0 Å². The lowest BCUT2D eigenvalue weighted by atomic mass is 10.3. The van der Waals surface area contributed by atoms with Gasteiger partial charge in [0.25, 0.3) is 5.78 Å². The largest absolute Gasteiger partial charge is 0.433 e. The number of halogens is 3. The van der Waals surface area contributed by atoms with E-state index < -0.39 is 11.9 Å². The van der Waals surface area contributed by atoms with E-state index in [-0.39, 0.29) is 11.6 Å². The number of hydrogen-bond acceptors (Lipinski definition) is 5. The predicted molar refractivity (Wildman–Crippen MR) is 93.4 cm³/mol. The van der Waals surface area contributed by atoms with Crippen LogP contribution in [0.25, 0.3) is 16.8 Å². The lowest BCUT2D eigenvalue weighted by Crippen LogP contribution is -2.15. The van der Waals surface area contributed by atoms with Gasteiger partial charge in [-0.25, -0.2) is 9.97 Å². The first-order valence-corrected chi connectivity index (χ1v) is 8.43. The molecule has 0 aliphatic carbocycles. The van der Waals surface area contributed by atoms with E-state index in [9.17, 15) is 13.2 Å². The maximum Gasteiger partial charge on any atom is 0.433 e. The highest BCUT2D eigenvalue weighted by atomic mass is 19.4. The number of nitrogens with one attached hydrogen (secondary N) is 1. The third-order valence-corrected chi connectivity index (χ3v) is 4.25. The van der Waals surface area contributed by atoms with Gasteiger partial charge in [0.15, 0.2) is 5.69 Å². The molecular formula is C17H16F3N7. The van der Waals surface area contributed by atoms with Gasteiger partial charge in [-0.15, -0.1) is 0 Å². The molecule has 0 saturated heterocycles. The summed E-state index contributed by atoms with van der Waals surface area (Å²) in [5.74, 6) is 0.947. The summed E-state index contributed by atoms with van der Waals surface area (Å²) in [4.78, 5) is 11.9. The Morgan fingerprint density at radius 2 is 1.96 bits per heavy atom. The zero-order valence-corrected chi connectivity index (χ0v) is 14.4. The van der Waals surface area contributed by atoms with Gasteiger partial charge in [-0.3, -0.25) is 0 Å². The number of imidazole rings is 1. The fraction of sp³-hybridized carbons (Fsp3) is 0.294. The number of para-hydroxylation sites is 2. The van der Waals surface area contributed by atoms with Crippen LogP contribution in [0.3, 0.4) is 0 Å². The number of rotatable bonds is 5. The highest BCUT2D eigenvalue weighted by Crippen LogP contribution is 2.29. The van der Waals surface area contributed by atoms with E-state index in [2.05, 4.69) is 29.9 Å². The maximum atomic E-state index is 13.0. The molecule has 0 atom stereocenters. The van der Waals surface area contributed by atoms with Crippen LogP contribution in [0.1, 0.15) is 18.4 Å². The molecule has 0 amide bonds. The number of aryl methyl sites for hydroxylation is 1. The summed E-state index contributed by atoms with van der Waals surface area (Å²) in [7, 11) is 0. The van der Waals surface area contributed by atoms with E-state index in [4.69, 9.17) is 0 Å². The summed E-state index contributed by atoms with van der Waals surface area (Å²) < 4.78 is 42.5. The Balaban J connectivity index is 1.58. The minimum absolute atomic E-state index is 0.104. The molecule has 1 aromatic carbocycles. The summed E-state index contributed by atoms with van der Waals surface area (Å²) in [6.07, 6.45) is -2.84. The van der Waals surface area contributed by atoms with Crippen LogP contribution >= 0.6 is 0 Å². The molecule has 140 valence electrons. The van der Waals surface area contributed by atoms with Crippen LogP contribution in [-0.4, -0.2) is 35.7 Å². The second kappa shape index (κ2) is 6.53. The summed E-state index contributed by atoms with van der Waals surface area (Å²) in [6.45, 7) is 3.18. The Morgan fingerprint density at radius 3 is 2.74 bits per heavy atom. The van der Waals surface area contributed by atoms with Crippen molar-refractivity contribution in [3.05, 3.63) is 48.2 Å². The van der Waals surface area contributed by atoms with Crippen LogP contribution < -0.4 is 5.32 Å². The molecule has 3 aromatic heterocycles. The fourth-order valence-electron chi connectivity index (χ4n) is 3.05. The Bertz CT molecular complexity index is 1100. The number of nitrogens with zero attached hydrogens (tertiary/aromatic N) is 6. The zero-order valence-electron chi connectivity index (χ0n) is 14.4. The van der Waals surface area contributed by atoms with E-state index in [1.165, 1.54) is 10.8 Å². The van der Waals surface area contributed by atoms with Crippen LogP contribution in [0.4, 0.5) is 19.0 Å². The Morgan fingerprint density at radius 1 is 1.15 bits per heavy atom. The third-order valence-electron chi connectivity index (χ3n) is 4.25. The average Bonchev–Trinajstić information content (AvgIpc) is 3.24. The minimum Gasteiger partial charge on any atom is -0.369 e. The monoisotopic (exact) mass is 375 g/mol. The molecule has 10 heteroatoms. The molecule has 0 radical (unpaired) electrons. The van der Waals surface area contributed by atoms with Gasteiger partial charge in [-0.05, 0) is 19.1 Å². The summed E-state index contributed by atoms with van der Waals surface area (Å²) >= 11 is 0. The van der Waals surface area contributed by atoms with Gasteiger partial charge in [0.1, 0.15) is 18.0 Å². The van der Waals surface area contributed by atoms with Gasteiger partial charge in [-0.2, -0.15) is 27.8 Å². The van der Waals surface area contributed by atoms with Crippen molar-refractivity contribution in [2.24, 2.45) is 0 Å². The zero-order chi connectivity index (χ0) is 19.0. The van der Waals surface area contributed by atoms with Crippen LogP contribution in [0.15, 0.2) is 36.7 Å². The number of alkyl halides is 3. The third kappa shape index (κ3) is 3.18. The van der Waals surface area contributed by atoms with Crippen LogP contribution in [-0.2, 0) is 19.1 Å². The molecule has 0 fully saturated rings. The number of fused-ring (bicyclic) bond motifs is 2. The van der Waals surface area contributed by atoms with Crippen molar-refractivity contribution >= 4 is 22.6 Å². The lowest BCUT2D eigenvalue weighted by Gasteiger charge is -2.12. The van der Waals surface area contributed by atoms with Crippen molar-refractivity contribution in [2.45, 2.75) is 26.1 Å². The number of benzene rings is 1. The van der Waals surface area contributed by atoms with Crippen molar-refractivity contribution in [3.63, 3.8) is 0 Å². The SMILES string of the molecule is CCn1c(CCNc2cc(C(F)(F)F)nc3ncnn23)nc2ccccc21. The predicted octanol–water partition coefficient (Wildman–Crippen LogP) is 3.17. The van der Waals surface area contributed by atoms with Crippen molar-refractivity contribution in [1.82, 2.24) is 29.1 Å². The Hall–Kier alpha value is -3.17. The number of aromatic nitrogens is 6. The molecule has 1 N–H and O–H groups in total. The van der Waals surface area contributed by atoms with Crippen molar-refractivity contribution in [1.29, 1.82) is 0 Å². The maximum absolute atomic E-state index is 13.0. The molecular weight excluding hydrogens is 359 g/mol. The smallest absolute Gasteiger partial charge is 0.369 e. The van der Waals surface area contributed by atoms with E-state index >= 15 is 0 Å². The summed E-state index contributed by atoms with van der Waals surface area (Å²) in [5, 5.41) is 6.93. The number of anilines is 1. The molecule has 0 aliphatic rings. The molecule has 0 saturated carbocycles. The molecule has 4 aromatic rings. The molecule has 27 heavy (non-hydrogen) atoms. The standard InChI is InChI=1S/C17H16F3N7/c1-2-26-12-6-4-3-5-11(12)24-14(26)7-8-21-15-9-13(17(18,19)20)25-16-22-10-23-27(15)16/h3-6,9-10,21H,2,7-8H2,1H3. The molecule has 7 nitrogen and oxygen atoms in total. The van der Waals surface area contributed by atoms with Crippen LogP contribution in [0.2, 0.25) is 0 Å². The van der Waals surface area contributed by atoms with E-state index in [1.807, 2.05) is 31.2 Å². The molecule has 0 spiro atoms. The van der Waals surface area contributed by atoms with E-state index in [1.54, 1.807) is 0 Å². The topological polar surface area (TPSA) is 72.9 Å². The van der Waals surface area contributed by atoms with Crippen molar-refractivity contribution in [2.75, 3.05) is 11.9 Å². The fourth-order valence-corrected chi connectivity index (χ4v) is 3.05. The quantitative estimate of drug-likeness (QED) is 0.580. The van der Waals surface area contributed by atoms with Gasteiger partial charge < -0.3 is 9.88 Å². The summed E-state index contributed by atoms with van der Waals surface area (Å²) in [5.41, 5.74) is 0.930. The second-order valence-electron chi connectivity index (χ2n) is 5.93. The average molecular weight is 375 g/mol. The molecule has 0 bridgehead atoms. The van der Waals surface area contributed by atoms with Crippen molar-refractivity contribution in [3.8, 4) is 0 Å². The highest BCUT2D eigenvalue weighted by Gasteiger charge is 2.34. The van der Waals surface area contributed by atoms with Gasteiger partial charge in [0.05, 0.1) is 11.0 Å². The van der Waals surface area contributed by atoms with E-state index in [0.29, 0.717) is 13.0 Å².